The second-order valence-corrected chi connectivity index (χ2v) is 6.19. The van der Waals surface area contributed by atoms with Crippen LogP contribution in [0, 0.1) is 0 Å². The van der Waals surface area contributed by atoms with Crippen LogP contribution in [0.3, 0.4) is 0 Å². The fourth-order valence-electron chi connectivity index (χ4n) is 2.27. The van der Waals surface area contributed by atoms with Gasteiger partial charge in [0, 0.05) is 28.0 Å². The number of benzene rings is 1. The van der Waals surface area contributed by atoms with Crippen molar-refractivity contribution in [1.82, 2.24) is 4.57 Å². The molecule has 1 aromatic heterocycles. The molecule has 3 rings (SSSR count). The molecule has 0 unspecified atom stereocenters. The monoisotopic (exact) mass is 346 g/mol. The van der Waals surface area contributed by atoms with Gasteiger partial charge in [-0.3, -0.25) is 9.59 Å². The number of aromatic nitrogens is 1. The first kappa shape index (κ1) is 14.1. The van der Waals surface area contributed by atoms with Crippen molar-refractivity contribution in [2.45, 2.75) is 25.8 Å². The summed E-state index contributed by atoms with van der Waals surface area (Å²) in [7, 11) is 0. The molecule has 1 aliphatic rings. The normalized spacial score (nSPS) is 14.0. The maximum atomic E-state index is 12.4. The molecule has 1 heterocycles. The van der Waals surface area contributed by atoms with Gasteiger partial charge in [0.05, 0.1) is 0 Å². The van der Waals surface area contributed by atoms with Crippen molar-refractivity contribution in [3.63, 3.8) is 0 Å². The third-order valence-corrected chi connectivity index (χ3v) is 3.97. The molecule has 0 spiro atoms. The summed E-state index contributed by atoms with van der Waals surface area (Å²) in [5, 5.41) is 2.87. The maximum absolute atomic E-state index is 12.4. The maximum Gasteiger partial charge on any atom is 0.272 e. The van der Waals surface area contributed by atoms with E-state index in [0.717, 1.165) is 17.3 Å². The van der Waals surface area contributed by atoms with Gasteiger partial charge in [0.1, 0.15) is 5.69 Å². The zero-order chi connectivity index (χ0) is 15.0. The summed E-state index contributed by atoms with van der Waals surface area (Å²) in [6, 6.07) is 9.19. The Morgan fingerprint density at radius 1 is 1.24 bits per heavy atom. The molecule has 1 aliphatic carbocycles. The Balaban J connectivity index is 1.78. The number of carbonyl (C=O) groups is 2. The third kappa shape index (κ3) is 3.08. The number of carbonyl (C=O) groups excluding carboxylic acids is 2. The van der Waals surface area contributed by atoms with E-state index in [9.17, 15) is 9.59 Å². The number of Topliss-reactive ketones (excluding diaryl/α,β-unsaturated/α-hetero) is 1. The van der Waals surface area contributed by atoms with Crippen molar-refractivity contribution in [2.24, 2.45) is 0 Å². The molecule has 5 heteroatoms. The molecule has 2 aromatic rings. The summed E-state index contributed by atoms with van der Waals surface area (Å²) in [6.07, 6.45) is 4.19. The van der Waals surface area contributed by atoms with Crippen LogP contribution in [0.2, 0.25) is 0 Å². The molecular weight excluding hydrogens is 332 g/mol. The van der Waals surface area contributed by atoms with Crippen LogP contribution in [0.1, 0.15) is 46.7 Å². The highest BCUT2D eigenvalue weighted by Crippen LogP contribution is 2.37. The van der Waals surface area contributed by atoms with Gasteiger partial charge in [-0.1, -0.05) is 0 Å². The number of ketones is 1. The van der Waals surface area contributed by atoms with Gasteiger partial charge in [-0.25, -0.2) is 0 Å². The zero-order valence-corrected chi connectivity index (χ0v) is 13.2. The predicted octanol–water partition coefficient (Wildman–Crippen LogP) is 4.04. The molecule has 0 radical (unpaired) electrons. The summed E-state index contributed by atoms with van der Waals surface area (Å²) in [4.78, 5) is 23.6. The first-order chi connectivity index (χ1) is 10.0. The van der Waals surface area contributed by atoms with Crippen molar-refractivity contribution in [1.29, 1.82) is 0 Å². The van der Waals surface area contributed by atoms with Crippen molar-refractivity contribution in [3.05, 3.63) is 52.3 Å². The van der Waals surface area contributed by atoms with Crippen molar-refractivity contribution < 1.29 is 9.59 Å². The van der Waals surface area contributed by atoms with E-state index in [-0.39, 0.29) is 11.7 Å². The SMILES string of the molecule is CC(=O)c1ccc(NC(=O)c2cc(Br)cn2C2CC2)cc1. The minimum Gasteiger partial charge on any atom is -0.339 e. The molecule has 21 heavy (non-hydrogen) atoms. The van der Waals surface area contributed by atoms with E-state index in [1.165, 1.54) is 6.92 Å². The van der Waals surface area contributed by atoms with Gasteiger partial charge in [0.15, 0.2) is 5.78 Å². The van der Waals surface area contributed by atoms with Gasteiger partial charge in [-0.15, -0.1) is 0 Å². The number of hydrogen-bond donors (Lipinski definition) is 1. The van der Waals surface area contributed by atoms with E-state index in [2.05, 4.69) is 21.2 Å². The number of nitrogens with one attached hydrogen (secondary N) is 1. The number of hydrogen-bond acceptors (Lipinski definition) is 2. The standard InChI is InChI=1S/C16H15BrN2O2/c1-10(20)11-2-4-13(5-3-11)18-16(21)15-8-12(17)9-19(15)14-6-7-14/h2-5,8-9,14H,6-7H2,1H3,(H,18,21). The van der Waals surface area contributed by atoms with Gasteiger partial charge in [-0.05, 0) is 66.0 Å². The molecule has 1 N–H and O–H groups in total. The lowest BCUT2D eigenvalue weighted by Gasteiger charge is -2.09. The van der Waals surface area contributed by atoms with E-state index in [4.69, 9.17) is 0 Å². The minimum absolute atomic E-state index is 0.0133. The predicted molar refractivity (Wildman–Crippen MR) is 84.8 cm³/mol. The summed E-state index contributed by atoms with van der Waals surface area (Å²) >= 11 is 3.42. The average Bonchev–Trinajstić information content (AvgIpc) is 3.22. The van der Waals surface area contributed by atoms with Crippen LogP contribution in [-0.4, -0.2) is 16.3 Å². The fraction of sp³-hybridized carbons (Fsp3) is 0.250. The largest absolute Gasteiger partial charge is 0.339 e. The van der Waals surface area contributed by atoms with E-state index < -0.39 is 0 Å². The highest BCUT2D eigenvalue weighted by atomic mass is 79.9. The molecular formula is C16H15BrN2O2. The van der Waals surface area contributed by atoms with E-state index in [1.807, 2.05) is 16.8 Å². The van der Waals surface area contributed by atoms with E-state index in [1.54, 1.807) is 24.3 Å². The number of amides is 1. The lowest BCUT2D eigenvalue weighted by molar-refractivity contribution is 0.101. The lowest BCUT2D eigenvalue weighted by Crippen LogP contribution is -2.16. The van der Waals surface area contributed by atoms with Crippen LogP contribution in [0.4, 0.5) is 5.69 Å². The van der Waals surface area contributed by atoms with Crippen molar-refractivity contribution in [2.75, 3.05) is 5.32 Å². The Bertz CT molecular complexity index is 700. The summed E-state index contributed by atoms with van der Waals surface area (Å²) in [6.45, 7) is 1.52. The highest BCUT2D eigenvalue weighted by molar-refractivity contribution is 9.10. The number of halogens is 1. The number of anilines is 1. The van der Waals surface area contributed by atoms with Gasteiger partial charge in [-0.2, -0.15) is 0 Å². The molecule has 1 fully saturated rings. The molecule has 0 atom stereocenters. The smallest absolute Gasteiger partial charge is 0.272 e. The highest BCUT2D eigenvalue weighted by Gasteiger charge is 2.27. The van der Waals surface area contributed by atoms with Crippen LogP contribution in [0.5, 0.6) is 0 Å². The second kappa shape index (κ2) is 5.48. The number of rotatable bonds is 4. The van der Waals surface area contributed by atoms with Gasteiger partial charge in [0.2, 0.25) is 0 Å². The molecule has 108 valence electrons. The first-order valence-electron chi connectivity index (χ1n) is 6.84. The van der Waals surface area contributed by atoms with Crippen molar-refractivity contribution >= 4 is 33.3 Å². The van der Waals surface area contributed by atoms with Gasteiger partial charge in [0.25, 0.3) is 5.91 Å². The second-order valence-electron chi connectivity index (χ2n) is 5.27. The molecule has 0 aliphatic heterocycles. The topological polar surface area (TPSA) is 51.1 Å². The summed E-state index contributed by atoms with van der Waals surface area (Å²) < 4.78 is 2.93. The molecule has 1 aromatic carbocycles. The Morgan fingerprint density at radius 3 is 2.48 bits per heavy atom. The molecule has 1 amide bonds. The number of nitrogens with zero attached hydrogens (tertiary/aromatic N) is 1. The minimum atomic E-state index is -0.136. The van der Waals surface area contributed by atoms with Crippen LogP contribution < -0.4 is 5.32 Å². The molecule has 0 saturated heterocycles. The average molecular weight is 347 g/mol. The summed E-state index contributed by atoms with van der Waals surface area (Å²) in [5.74, 6) is -0.123. The molecule has 4 nitrogen and oxygen atoms in total. The zero-order valence-electron chi connectivity index (χ0n) is 11.6. The Hall–Kier alpha value is -1.88. The molecule has 1 saturated carbocycles. The lowest BCUT2D eigenvalue weighted by atomic mass is 10.1. The van der Waals surface area contributed by atoms with E-state index >= 15 is 0 Å². The van der Waals surface area contributed by atoms with Crippen LogP contribution in [0.25, 0.3) is 0 Å². The van der Waals surface area contributed by atoms with E-state index in [0.29, 0.717) is 23.0 Å². The van der Waals surface area contributed by atoms with Crippen LogP contribution in [-0.2, 0) is 0 Å². The third-order valence-electron chi connectivity index (χ3n) is 3.54. The molecule has 0 bridgehead atoms. The van der Waals surface area contributed by atoms with Crippen LogP contribution in [0.15, 0.2) is 41.0 Å². The first-order valence-corrected chi connectivity index (χ1v) is 7.63. The fourth-order valence-corrected chi connectivity index (χ4v) is 2.70. The van der Waals surface area contributed by atoms with Gasteiger partial charge >= 0.3 is 0 Å². The Morgan fingerprint density at radius 2 is 1.90 bits per heavy atom. The summed E-state index contributed by atoms with van der Waals surface area (Å²) in [5.41, 5.74) is 1.97. The quantitative estimate of drug-likeness (QED) is 0.849. The van der Waals surface area contributed by atoms with Crippen LogP contribution >= 0.6 is 15.9 Å². The Labute approximate surface area is 131 Å². The van der Waals surface area contributed by atoms with Crippen molar-refractivity contribution in [3.8, 4) is 0 Å². The Kier molecular flexibility index (Phi) is 3.68. The van der Waals surface area contributed by atoms with Gasteiger partial charge < -0.3 is 9.88 Å².